The zero-order valence-corrected chi connectivity index (χ0v) is 12.9. The van der Waals surface area contributed by atoms with E-state index in [2.05, 4.69) is 4.98 Å². The number of alkyl halides is 1. The molecule has 1 aliphatic rings. The number of nitrogens with two attached hydrogens (primary N) is 1. The zero-order chi connectivity index (χ0) is 14.5. The van der Waals surface area contributed by atoms with E-state index >= 15 is 0 Å². The summed E-state index contributed by atoms with van der Waals surface area (Å²) in [4.78, 5) is 4.39. The Bertz CT molecular complexity index is 647. The van der Waals surface area contributed by atoms with Crippen molar-refractivity contribution < 1.29 is 9.84 Å². The number of rotatable bonds is 2. The molecule has 0 bridgehead atoms. The largest absolute Gasteiger partial charge is 0.397 e. The van der Waals surface area contributed by atoms with E-state index < -0.39 is 17.1 Å². The second-order valence-corrected chi connectivity index (χ2v) is 6.75. The summed E-state index contributed by atoms with van der Waals surface area (Å²) in [6, 6.07) is 1.78. The Kier molecular flexibility index (Phi) is 3.41. The summed E-state index contributed by atoms with van der Waals surface area (Å²) in [6.07, 6.45) is 1.32. The van der Waals surface area contributed by atoms with Gasteiger partial charge in [0.2, 0.25) is 0 Å². The van der Waals surface area contributed by atoms with Crippen LogP contribution in [0.15, 0.2) is 17.6 Å². The third-order valence-corrected chi connectivity index (χ3v) is 5.64. The summed E-state index contributed by atoms with van der Waals surface area (Å²) in [5, 5.41) is 11.8. The molecule has 1 fully saturated rings. The molecule has 6 heteroatoms. The van der Waals surface area contributed by atoms with Gasteiger partial charge in [-0.05, 0) is 24.8 Å². The van der Waals surface area contributed by atoms with Crippen molar-refractivity contribution in [3.8, 4) is 0 Å². The fraction of sp³-hybridized carbons (Fsp3) is 0.500. The van der Waals surface area contributed by atoms with E-state index in [-0.39, 0.29) is 6.10 Å². The number of halogens is 1. The van der Waals surface area contributed by atoms with Gasteiger partial charge in [0.05, 0.1) is 26.9 Å². The molecular formula is C14H17ClN2O2S. The average molecular weight is 313 g/mol. The lowest BCUT2D eigenvalue weighted by Gasteiger charge is -2.25. The van der Waals surface area contributed by atoms with Crippen molar-refractivity contribution in [3.05, 3.63) is 23.2 Å². The molecule has 0 spiro atoms. The van der Waals surface area contributed by atoms with Gasteiger partial charge in [0.15, 0.2) is 0 Å². The standard InChI is InChI=1S/C14H17ClN2O2S/c1-3-14(2)13(18)9(15)11(19-14)7-6-20-12-8(16)4-5-17-10(7)12/h4-6,9,11,13,18H,3H2,1-2H3,(H2,16,17)/t9-,11-,13-,14-/m0/s1. The molecule has 0 amide bonds. The number of nitrogen functional groups attached to an aromatic ring is 1. The number of aromatic nitrogens is 1. The Morgan fingerprint density at radius 3 is 3.00 bits per heavy atom. The van der Waals surface area contributed by atoms with Crippen molar-refractivity contribution in [2.75, 3.05) is 5.73 Å². The van der Waals surface area contributed by atoms with Crippen LogP contribution in [0.5, 0.6) is 0 Å². The first-order valence-corrected chi connectivity index (χ1v) is 7.91. The third kappa shape index (κ3) is 1.92. The van der Waals surface area contributed by atoms with Crippen LogP contribution in [0.1, 0.15) is 31.9 Å². The molecule has 3 N–H and O–H groups in total. The minimum Gasteiger partial charge on any atom is -0.397 e. The summed E-state index contributed by atoms with van der Waals surface area (Å²) in [5.74, 6) is 0. The first kappa shape index (κ1) is 14.1. The molecule has 2 aromatic heterocycles. The fourth-order valence-corrected chi connectivity index (χ4v) is 4.06. The van der Waals surface area contributed by atoms with Crippen molar-refractivity contribution >= 4 is 38.8 Å². The SMILES string of the molecule is CC[C@]1(C)O[C@@H](c2csc3c(N)ccnc23)[C@H](Cl)[C@@H]1O. The summed E-state index contributed by atoms with van der Waals surface area (Å²) in [5.41, 5.74) is 7.77. The van der Waals surface area contributed by atoms with E-state index in [9.17, 15) is 5.11 Å². The third-order valence-electron chi connectivity index (χ3n) is 4.13. The molecule has 4 nitrogen and oxygen atoms in total. The monoisotopic (exact) mass is 312 g/mol. The fourth-order valence-electron chi connectivity index (χ4n) is 2.63. The van der Waals surface area contributed by atoms with E-state index in [4.69, 9.17) is 22.1 Å². The molecule has 0 aliphatic carbocycles. The second-order valence-electron chi connectivity index (χ2n) is 5.36. The number of pyridine rings is 1. The number of hydrogen-bond donors (Lipinski definition) is 2. The van der Waals surface area contributed by atoms with E-state index in [0.29, 0.717) is 12.1 Å². The van der Waals surface area contributed by atoms with Crippen LogP contribution in [-0.4, -0.2) is 27.2 Å². The molecular weight excluding hydrogens is 296 g/mol. The number of aliphatic hydroxyl groups excluding tert-OH is 1. The highest BCUT2D eigenvalue weighted by Gasteiger charge is 2.50. The highest BCUT2D eigenvalue weighted by molar-refractivity contribution is 7.18. The molecule has 108 valence electrons. The van der Waals surface area contributed by atoms with Gasteiger partial charge in [-0.2, -0.15) is 0 Å². The van der Waals surface area contributed by atoms with Gasteiger partial charge < -0.3 is 15.6 Å². The van der Waals surface area contributed by atoms with Gasteiger partial charge >= 0.3 is 0 Å². The van der Waals surface area contributed by atoms with Gasteiger partial charge in [0, 0.05) is 11.8 Å². The molecule has 1 saturated heterocycles. The van der Waals surface area contributed by atoms with Crippen LogP contribution in [0.25, 0.3) is 10.2 Å². The Hall–Kier alpha value is -0.880. The van der Waals surface area contributed by atoms with Gasteiger partial charge in [0.1, 0.15) is 12.2 Å². The molecule has 2 aromatic rings. The van der Waals surface area contributed by atoms with Gasteiger partial charge in [0.25, 0.3) is 0 Å². The molecule has 0 aromatic carbocycles. The first-order valence-electron chi connectivity index (χ1n) is 6.59. The van der Waals surface area contributed by atoms with Gasteiger partial charge in [-0.15, -0.1) is 22.9 Å². The van der Waals surface area contributed by atoms with Crippen LogP contribution in [0.3, 0.4) is 0 Å². The van der Waals surface area contributed by atoms with Crippen LogP contribution in [0, 0.1) is 0 Å². The molecule has 3 heterocycles. The molecule has 3 rings (SSSR count). The van der Waals surface area contributed by atoms with Crippen LogP contribution in [0.2, 0.25) is 0 Å². The minimum atomic E-state index is -0.699. The predicted octanol–water partition coefficient (Wildman–Crippen LogP) is 3.09. The molecule has 1 aliphatic heterocycles. The van der Waals surface area contributed by atoms with Crippen molar-refractivity contribution in [2.24, 2.45) is 0 Å². The normalized spacial score (nSPS) is 33.9. The number of thiophene rings is 1. The van der Waals surface area contributed by atoms with Crippen LogP contribution >= 0.6 is 22.9 Å². The second kappa shape index (κ2) is 4.84. The highest BCUT2D eigenvalue weighted by atomic mass is 35.5. The number of fused-ring (bicyclic) bond motifs is 1. The molecule has 0 radical (unpaired) electrons. The van der Waals surface area contributed by atoms with Crippen molar-refractivity contribution in [3.63, 3.8) is 0 Å². The molecule has 0 unspecified atom stereocenters. The van der Waals surface area contributed by atoms with Crippen LogP contribution < -0.4 is 5.73 Å². The molecule has 20 heavy (non-hydrogen) atoms. The number of nitrogens with zero attached hydrogens (tertiary/aromatic N) is 1. The van der Waals surface area contributed by atoms with Crippen LogP contribution in [0.4, 0.5) is 5.69 Å². The zero-order valence-electron chi connectivity index (χ0n) is 11.3. The average Bonchev–Trinajstić information content (AvgIpc) is 2.96. The van der Waals surface area contributed by atoms with Gasteiger partial charge in [-0.3, -0.25) is 4.98 Å². The number of anilines is 1. The number of aliphatic hydroxyl groups is 1. The maximum absolute atomic E-state index is 10.3. The lowest BCUT2D eigenvalue weighted by molar-refractivity contribution is -0.0722. The predicted molar refractivity (Wildman–Crippen MR) is 82.2 cm³/mol. The topological polar surface area (TPSA) is 68.4 Å². The van der Waals surface area contributed by atoms with E-state index in [1.54, 1.807) is 12.3 Å². The summed E-state index contributed by atoms with van der Waals surface area (Å²) in [6.45, 7) is 3.88. The highest BCUT2D eigenvalue weighted by Crippen LogP contribution is 2.47. The summed E-state index contributed by atoms with van der Waals surface area (Å²) >= 11 is 7.92. The lowest BCUT2D eigenvalue weighted by Crippen LogP contribution is -2.38. The Labute approximate surface area is 126 Å². The van der Waals surface area contributed by atoms with Crippen molar-refractivity contribution in [1.29, 1.82) is 0 Å². The van der Waals surface area contributed by atoms with E-state index in [1.807, 2.05) is 19.2 Å². The van der Waals surface area contributed by atoms with E-state index in [0.717, 1.165) is 15.8 Å². The Morgan fingerprint density at radius 1 is 1.60 bits per heavy atom. The molecule has 4 atom stereocenters. The quantitative estimate of drug-likeness (QED) is 0.836. The van der Waals surface area contributed by atoms with Crippen molar-refractivity contribution in [2.45, 2.75) is 43.5 Å². The minimum absolute atomic E-state index is 0.361. The first-order chi connectivity index (χ1) is 9.48. The summed E-state index contributed by atoms with van der Waals surface area (Å²) < 4.78 is 7.00. The van der Waals surface area contributed by atoms with Gasteiger partial charge in [-0.25, -0.2) is 0 Å². The van der Waals surface area contributed by atoms with Crippen LogP contribution in [-0.2, 0) is 4.74 Å². The lowest BCUT2D eigenvalue weighted by atomic mass is 9.95. The number of hydrogen-bond acceptors (Lipinski definition) is 5. The van der Waals surface area contributed by atoms with Crippen molar-refractivity contribution in [1.82, 2.24) is 4.98 Å². The maximum Gasteiger partial charge on any atom is 0.105 e. The van der Waals surface area contributed by atoms with Gasteiger partial charge in [-0.1, -0.05) is 6.92 Å². The van der Waals surface area contributed by atoms with E-state index in [1.165, 1.54) is 11.3 Å². The smallest absolute Gasteiger partial charge is 0.105 e. The Balaban J connectivity index is 2.06. The summed E-state index contributed by atoms with van der Waals surface area (Å²) in [7, 11) is 0. The maximum atomic E-state index is 10.3. The Morgan fingerprint density at radius 2 is 2.35 bits per heavy atom. The molecule has 0 saturated carbocycles. The number of ether oxygens (including phenoxy) is 1.